The van der Waals surface area contributed by atoms with Gasteiger partial charge in [-0.05, 0) is 23.6 Å². The first kappa shape index (κ1) is 16.4. The molecule has 0 saturated carbocycles. The molecule has 1 unspecified atom stereocenters. The third-order valence-corrected chi connectivity index (χ3v) is 4.88. The SMILES string of the molecule is CS(=N)(=O)c1cnc(NCCc2c[nH]c3cc(CO)ccc23)nc1. The Bertz CT molecular complexity index is 948. The van der Waals surface area contributed by atoms with Crippen molar-refractivity contribution in [2.45, 2.75) is 17.9 Å². The van der Waals surface area contributed by atoms with Crippen LogP contribution in [0.1, 0.15) is 11.1 Å². The maximum absolute atomic E-state index is 11.6. The number of H-pyrrole nitrogens is 1. The van der Waals surface area contributed by atoms with Crippen molar-refractivity contribution in [2.24, 2.45) is 0 Å². The van der Waals surface area contributed by atoms with E-state index in [9.17, 15) is 9.32 Å². The van der Waals surface area contributed by atoms with E-state index >= 15 is 0 Å². The summed E-state index contributed by atoms with van der Waals surface area (Å²) in [5.74, 6) is 0.449. The fourth-order valence-corrected chi connectivity index (χ4v) is 2.96. The molecule has 0 saturated heterocycles. The van der Waals surface area contributed by atoms with Gasteiger partial charge in [-0.15, -0.1) is 0 Å². The molecule has 3 rings (SSSR count). The Hall–Kier alpha value is -2.45. The van der Waals surface area contributed by atoms with Gasteiger partial charge in [-0.25, -0.2) is 19.0 Å². The molecule has 24 heavy (non-hydrogen) atoms. The fourth-order valence-electron chi connectivity index (χ4n) is 2.46. The van der Waals surface area contributed by atoms with Crippen LogP contribution in [0.25, 0.3) is 10.9 Å². The molecule has 126 valence electrons. The van der Waals surface area contributed by atoms with Crippen LogP contribution in [0.5, 0.6) is 0 Å². The zero-order valence-corrected chi connectivity index (χ0v) is 14.1. The zero-order chi connectivity index (χ0) is 17.2. The van der Waals surface area contributed by atoms with Gasteiger partial charge >= 0.3 is 0 Å². The van der Waals surface area contributed by atoms with E-state index in [0.717, 1.165) is 22.9 Å². The number of aliphatic hydroxyl groups excluding tert-OH is 1. The molecule has 2 aromatic heterocycles. The number of aromatic amines is 1. The summed E-state index contributed by atoms with van der Waals surface area (Å²) in [5.41, 5.74) is 3.05. The summed E-state index contributed by atoms with van der Waals surface area (Å²) in [4.78, 5) is 11.7. The van der Waals surface area contributed by atoms with Crippen LogP contribution in [-0.2, 0) is 22.8 Å². The molecular formula is C16H19N5O2S. The van der Waals surface area contributed by atoms with Crippen molar-refractivity contribution >= 4 is 26.6 Å². The van der Waals surface area contributed by atoms with Gasteiger partial charge in [0.05, 0.1) is 21.2 Å². The van der Waals surface area contributed by atoms with Gasteiger partial charge in [0.2, 0.25) is 5.95 Å². The summed E-state index contributed by atoms with van der Waals surface area (Å²) in [6, 6.07) is 5.86. The average molecular weight is 345 g/mol. The summed E-state index contributed by atoms with van der Waals surface area (Å²) in [5, 5.41) is 13.4. The predicted octanol–water partition coefficient (Wildman–Crippen LogP) is 2.14. The number of aromatic nitrogens is 3. The summed E-state index contributed by atoms with van der Waals surface area (Å²) in [6.45, 7) is 0.679. The van der Waals surface area contributed by atoms with Gasteiger partial charge in [-0.3, -0.25) is 0 Å². The molecule has 0 amide bonds. The van der Waals surface area contributed by atoms with Crippen molar-refractivity contribution in [3.05, 3.63) is 47.9 Å². The Morgan fingerprint density at radius 3 is 2.75 bits per heavy atom. The Morgan fingerprint density at radius 1 is 1.33 bits per heavy atom. The third-order valence-electron chi connectivity index (χ3n) is 3.77. The van der Waals surface area contributed by atoms with Crippen molar-refractivity contribution in [3.8, 4) is 0 Å². The maximum Gasteiger partial charge on any atom is 0.222 e. The first-order valence-electron chi connectivity index (χ1n) is 7.47. The van der Waals surface area contributed by atoms with Crippen molar-refractivity contribution < 1.29 is 9.32 Å². The number of aliphatic hydroxyl groups is 1. The quantitative estimate of drug-likeness (QED) is 0.546. The Kier molecular flexibility index (Phi) is 4.50. The van der Waals surface area contributed by atoms with Crippen molar-refractivity contribution in [2.75, 3.05) is 18.1 Å². The van der Waals surface area contributed by atoms with Crippen LogP contribution in [-0.4, -0.2) is 37.1 Å². The van der Waals surface area contributed by atoms with Crippen LogP contribution in [0.4, 0.5) is 5.95 Å². The van der Waals surface area contributed by atoms with Gasteiger partial charge in [0.25, 0.3) is 0 Å². The number of nitrogens with zero attached hydrogens (tertiary/aromatic N) is 2. The van der Waals surface area contributed by atoms with Gasteiger partial charge in [-0.1, -0.05) is 12.1 Å². The molecular weight excluding hydrogens is 326 g/mol. The Balaban J connectivity index is 1.64. The first-order valence-corrected chi connectivity index (χ1v) is 9.43. The molecule has 0 spiro atoms. The minimum atomic E-state index is -2.78. The van der Waals surface area contributed by atoms with Crippen molar-refractivity contribution in [1.29, 1.82) is 4.78 Å². The molecule has 8 heteroatoms. The first-order chi connectivity index (χ1) is 11.5. The third kappa shape index (κ3) is 3.55. The molecule has 4 N–H and O–H groups in total. The molecule has 0 aliphatic heterocycles. The number of hydrogen-bond acceptors (Lipinski definition) is 6. The topological polar surface area (TPSA) is 115 Å². The van der Waals surface area contributed by atoms with Gasteiger partial charge in [-0.2, -0.15) is 0 Å². The van der Waals surface area contributed by atoms with E-state index in [1.807, 2.05) is 24.4 Å². The highest BCUT2D eigenvalue weighted by molar-refractivity contribution is 7.91. The largest absolute Gasteiger partial charge is 0.392 e. The molecule has 0 fully saturated rings. The summed E-state index contributed by atoms with van der Waals surface area (Å²) >= 11 is 0. The second-order valence-corrected chi connectivity index (χ2v) is 7.77. The molecule has 3 aromatic rings. The molecule has 1 atom stereocenters. The van der Waals surface area contributed by atoms with E-state index in [2.05, 4.69) is 20.3 Å². The van der Waals surface area contributed by atoms with Gasteiger partial charge in [0.1, 0.15) is 0 Å². The summed E-state index contributed by atoms with van der Waals surface area (Å²) in [7, 11) is -2.78. The molecule has 7 nitrogen and oxygen atoms in total. The number of anilines is 1. The van der Waals surface area contributed by atoms with Gasteiger partial charge in [0.15, 0.2) is 0 Å². The molecule has 0 bridgehead atoms. The lowest BCUT2D eigenvalue weighted by atomic mass is 10.1. The van der Waals surface area contributed by atoms with Crippen LogP contribution in [0.2, 0.25) is 0 Å². The van der Waals surface area contributed by atoms with E-state index in [4.69, 9.17) is 4.78 Å². The van der Waals surface area contributed by atoms with Crippen molar-refractivity contribution in [1.82, 2.24) is 15.0 Å². The number of benzene rings is 1. The highest BCUT2D eigenvalue weighted by Crippen LogP contribution is 2.20. The second-order valence-electron chi connectivity index (χ2n) is 5.61. The van der Waals surface area contributed by atoms with E-state index in [1.54, 1.807) is 0 Å². The normalized spacial score (nSPS) is 13.8. The standard InChI is InChI=1S/C16H19N5O2S/c1-24(17,23)13-8-20-16(21-9-13)18-5-4-12-7-19-15-6-11(10-22)2-3-14(12)15/h2-3,6-9,17,19,22H,4-5,10H2,1H3,(H,18,20,21). The van der Waals surface area contributed by atoms with Crippen molar-refractivity contribution in [3.63, 3.8) is 0 Å². The fraction of sp³-hybridized carbons (Fsp3) is 0.250. The highest BCUT2D eigenvalue weighted by atomic mass is 32.2. The number of fused-ring (bicyclic) bond motifs is 1. The highest BCUT2D eigenvalue weighted by Gasteiger charge is 2.06. The van der Waals surface area contributed by atoms with E-state index in [0.29, 0.717) is 17.4 Å². The monoisotopic (exact) mass is 345 g/mol. The summed E-state index contributed by atoms with van der Waals surface area (Å²) < 4.78 is 19.1. The van der Waals surface area contributed by atoms with Crippen LogP contribution in [0, 0.1) is 4.78 Å². The zero-order valence-electron chi connectivity index (χ0n) is 13.2. The molecule has 0 radical (unpaired) electrons. The minimum absolute atomic E-state index is 0.0294. The second kappa shape index (κ2) is 6.58. The predicted molar refractivity (Wildman–Crippen MR) is 93.5 cm³/mol. The Morgan fingerprint density at radius 2 is 2.08 bits per heavy atom. The number of nitrogens with one attached hydrogen (secondary N) is 3. The van der Waals surface area contributed by atoms with Crippen LogP contribution in [0.15, 0.2) is 41.7 Å². The average Bonchev–Trinajstić information content (AvgIpc) is 2.97. The molecule has 2 heterocycles. The number of rotatable bonds is 6. The van der Waals surface area contributed by atoms with Gasteiger partial charge in [0, 0.05) is 42.3 Å². The van der Waals surface area contributed by atoms with E-state index < -0.39 is 9.73 Å². The minimum Gasteiger partial charge on any atom is -0.392 e. The molecule has 1 aromatic carbocycles. The van der Waals surface area contributed by atoms with Crippen LogP contribution < -0.4 is 5.32 Å². The van der Waals surface area contributed by atoms with E-state index in [1.165, 1.54) is 24.2 Å². The molecule has 0 aliphatic rings. The summed E-state index contributed by atoms with van der Waals surface area (Å²) in [6.07, 6.45) is 6.94. The van der Waals surface area contributed by atoms with Gasteiger partial charge < -0.3 is 15.4 Å². The molecule has 0 aliphatic carbocycles. The maximum atomic E-state index is 11.6. The lowest BCUT2D eigenvalue weighted by Crippen LogP contribution is -2.08. The van der Waals surface area contributed by atoms with E-state index in [-0.39, 0.29) is 6.61 Å². The Labute approximate surface area is 140 Å². The number of hydrogen-bond donors (Lipinski definition) is 4. The lowest BCUT2D eigenvalue weighted by molar-refractivity contribution is 0.282. The smallest absolute Gasteiger partial charge is 0.222 e. The van der Waals surface area contributed by atoms with Crippen LogP contribution >= 0.6 is 0 Å². The van der Waals surface area contributed by atoms with Crippen LogP contribution in [0.3, 0.4) is 0 Å². The lowest BCUT2D eigenvalue weighted by Gasteiger charge is -2.05.